The number of hydrogen-bond acceptors (Lipinski definition) is 4. The number of rotatable bonds is 6. The smallest absolute Gasteiger partial charge is 0.326 e. The number of ether oxygens (including phenoxy) is 1. The van der Waals surface area contributed by atoms with Gasteiger partial charge in [0.1, 0.15) is 11.9 Å². The van der Waals surface area contributed by atoms with Crippen molar-refractivity contribution in [1.82, 2.24) is 5.32 Å². The zero-order valence-electron chi connectivity index (χ0n) is 11.1. The molecule has 0 unspecified atom stereocenters. The summed E-state index contributed by atoms with van der Waals surface area (Å²) in [5.41, 5.74) is -0.0284. The van der Waals surface area contributed by atoms with Crippen molar-refractivity contribution >= 4 is 33.8 Å². The van der Waals surface area contributed by atoms with Gasteiger partial charge in [-0.1, -0.05) is 0 Å². The molecule has 0 saturated heterocycles. The number of benzene rings is 1. The van der Waals surface area contributed by atoms with Crippen molar-refractivity contribution in [3.63, 3.8) is 0 Å². The number of carboxylic acid groups (broad SMARTS) is 1. The Balaban J connectivity index is 2.79. The van der Waals surface area contributed by atoms with Gasteiger partial charge in [0.15, 0.2) is 0 Å². The molecule has 0 aliphatic heterocycles. The maximum Gasteiger partial charge on any atom is 0.326 e. The van der Waals surface area contributed by atoms with Crippen LogP contribution in [0.15, 0.2) is 22.7 Å². The van der Waals surface area contributed by atoms with E-state index < -0.39 is 29.7 Å². The van der Waals surface area contributed by atoms with Crippen LogP contribution < -0.4 is 5.32 Å². The van der Waals surface area contributed by atoms with E-state index in [2.05, 4.69) is 26.0 Å². The van der Waals surface area contributed by atoms with E-state index in [-0.39, 0.29) is 18.4 Å². The predicted octanol–water partition coefficient (Wildman–Crippen LogP) is 1.72. The Morgan fingerprint density at radius 3 is 2.67 bits per heavy atom. The third-order valence-corrected chi connectivity index (χ3v) is 3.33. The van der Waals surface area contributed by atoms with Crippen LogP contribution in [-0.2, 0) is 14.3 Å². The Hall–Kier alpha value is -1.96. The number of hydrogen-bond donors (Lipinski definition) is 2. The minimum absolute atomic E-state index is 0.0284. The van der Waals surface area contributed by atoms with Crippen LogP contribution in [0.3, 0.4) is 0 Å². The monoisotopic (exact) mass is 361 g/mol. The fourth-order valence-corrected chi connectivity index (χ4v) is 1.96. The van der Waals surface area contributed by atoms with Crippen molar-refractivity contribution in [2.45, 2.75) is 18.9 Å². The van der Waals surface area contributed by atoms with Gasteiger partial charge in [-0.3, -0.25) is 9.59 Å². The van der Waals surface area contributed by atoms with Crippen LogP contribution >= 0.6 is 15.9 Å². The lowest BCUT2D eigenvalue weighted by molar-refractivity contribution is -0.142. The third kappa shape index (κ3) is 5.14. The lowest BCUT2D eigenvalue weighted by Gasteiger charge is -2.14. The zero-order valence-corrected chi connectivity index (χ0v) is 12.6. The molecule has 6 nitrogen and oxygen atoms in total. The standard InChI is InChI=1S/C13H13BrFNO5/c1-21-11(17)5-4-10(13(19)20)16-12(18)8-6-7(15)2-3-9(8)14/h2-3,6,10H,4-5H2,1H3,(H,16,18)(H,19,20)/t10-/m0/s1. The average Bonchev–Trinajstić information content (AvgIpc) is 2.44. The molecule has 0 saturated carbocycles. The van der Waals surface area contributed by atoms with E-state index in [9.17, 15) is 18.8 Å². The second kappa shape index (κ2) is 7.72. The van der Waals surface area contributed by atoms with Crippen LogP contribution in [0.25, 0.3) is 0 Å². The van der Waals surface area contributed by atoms with Gasteiger partial charge in [-0.05, 0) is 40.5 Å². The highest BCUT2D eigenvalue weighted by Crippen LogP contribution is 2.18. The fraction of sp³-hybridized carbons (Fsp3) is 0.308. The molecule has 8 heteroatoms. The van der Waals surface area contributed by atoms with Crippen LogP contribution in [0.1, 0.15) is 23.2 Å². The zero-order chi connectivity index (χ0) is 16.0. The first-order chi connectivity index (χ1) is 9.85. The second-order valence-corrected chi connectivity index (χ2v) is 4.96. The summed E-state index contributed by atoms with van der Waals surface area (Å²) in [6.45, 7) is 0. The summed E-state index contributed by atoms with van der Waals surface area (Å²) in [6, 6.07) is 2.21. The summed E-state index contributed by atoms with van der Waals surface area (Å²) in [5.74, 6) is -3.24. The molecular formula is C13H13BrFNO5. The second-order valence-electron chi connectivity index (χ2n) is 4.10. The van der Waals surface area contributed by atoms with Gasteiger partial charge in [-0.25, -0.2) is 9.18 Å². The number of nitrogens with one attached hydrogen (secondary N) is 1. The normalized spacial score (nSPS) is 11.6. The summed E-state index contributed by atoms with van der Waals surface area (Å²) in [7, 11) is 1.18. The molecule has 1 rings (SSSR count). The fourth-order valence-electron chi connectivity index (χ4n) is 1.53. The lowest BCUT2D eigenvalue weighted by atomic mass is 10.1. The van der Waals surface area contributed by atoms with Crippen molar-refractivity contribution in [3.05, 3.63) is 34.1 Å². The van der Waals surface area contributed by atoms with Gasteiger partial charge >= 0.3 is 11.9 Å². The van der Waals surface area contributed by atoms with Gasteiger partial charge in [0.05, 0.1) is 12.7 Å². The molecule has 0 fully saturated rings. The summed E-state index contributed by atoms with van der Waals surface area (Å²) < 4.78 is 17.9. The van der Waals surface area contributed by atoms with Gasteiger partial charge < -0.3 is 15.2 Å². The van der Waals surface area contributed by atoms with Gasteiger partial charge in [0.25, 0.3) is 5.91 Å². The molecule has 0 spiro atoms. The van der Waals surface area contributed by atoms with Gasteiger partial charge in [-0.15, -0.1) is 0 Å². The number of aliphatic carboxylic acids is 1. The molecule has 1 amide bonds. The SMILES string of the molecule is COC(=O)CC[C@H](NC(=O)c1cc(F)ccc1Br)C(=O)O. The quantitative estimate of drug-likeness (QED) is 0.752. The van der Waals surface area contributed by atoms with Crippen molar-refractivity contribution in [3.8, 4) is 0 Å². The summed E-state index contributed by atoms with van der Waals surface area (Å²) >= 11 is 3.08. The topological polar surface area (TPSA) is 92.7 Å². The number of halogens is 2. The number of carbonyl (C=O) groups excluding carboxylic acids is 2. The molecule has 1 atom stereocenters. The van der Waals surface area contributed by atoms with Crippen LogP contribution in [0.4, 0.5) is 4.39 Å². The number of carbonyl (C=O) groups is 3. The van der Waals surface area contributed by atoms with Crippen molar-refractivity contribution in [1.29, 1.82) is 0 Å². The Morgan fingerprint density at radius 1 is 1.43 bits per heavy atom. The molecular weight excluding hydrogens is 349 g/mol. The molecule has 1 aromatic rings. The largest absolute Gasteiger partial charge is 0.480 e. The van der Waals surface area contributed by atoms with Crippen LogP contribution in [0.5, 0.6) is 0 Å². The Labute approximate surface area is 128 Å². The molecule has 0 aliphatic rings. The molecule has 0 heterocycles. The molecule has 21 heavy (non-hydrogen) atoms. The van der Waals surface area contributed by atoms with E-state index in [1.165, 1.54) is 13.2 Å². The Kier molecular flexibility index (Phi) is 6.29. The van der Waals surface area contributed by atoms with E-state index >= 15 is 0 Å². The third-order valence-electron chi connectivity index (χ3n) is 2.64. The Morgan fingerprint density at radius 2 is 2.10 bits per heavy atom. The van der Waals surface area contributed by atoms with Crippen molar-refractivity contribution in [2.24, 2.45) is 0 Å². The summed E-state index contributed by atoms with van der Waals surface area (Å²) in [4.78, 5) is 34.0. The average molecular weight is 362 g/mol. The predicted molar refractivity (Wildman–Crippen MR) is 74.2 cm³/mol. The first kappa shape index (κ1) is 17.1. The van der Waals surface area contributed by atoms with Crippen LogP contribution in [0.2, 0.25) is 0 Å². The molecule has 1 aromatic carbocycles. The minimum Gasteiger partial charge on any atom is -0.480 e. The Bertz CT molecular complexity index is 563. The lowest BCUT2D eigenvalue weighted by Crippen LogP contribution is -2.41. The van der Waals surface area contributed by atoms with Crippen LogP contribution in [0, 0.1) is 5.82 Å². The van der Waals surface area contributed by atoms with Crippen LogP contribution in [-0.4, -0.2) is 36.1 Å². The number of amides is 1. The first-order valence-electron chi connectivity index (χ1n) is 5.90. The molecule has 0 bridgehead atoms. The van der Waals surface area contributed by atoms with E-state index in [1.807, 2.05) is 0 Å². The maximum atomic E-state index is 13.1. The molecule has 114 valence electrons. The van der Waals surface area contributed by atoms with E-state index in [0.29, 0.717) is 4.47 Å². The van der Waals surface area contributed by atoms with Crippen molar-refractivity contribution in [2.75, 3.05) is 7.11 Å². The highest BCUT2D eigenvalue weighted by molar-refractivity contribution is 9.10. The highest BCUT2D eigenvalue weighted by atomic mass is 79.9. The minimum atomic E-state index is -1.29. The van der Waals surface area contributed by atoms with E-state index in [0.717, 1.165) is 12.1 Å². The van der Waals surface area contributed by atoms with Gasteiger partial charge in [-0.2, -0.15) is 0 Å². The molecule has 2 N–H and O–H groups in total. The van der Waals surface area contributed by atoms with E-state index in [4.69, 9.17) is 5.11 Å². The highest BCUT2D eigenvalue weighted by Gasteiger charge is 2.23. The molecule has 0 aromatic heterocycles. The number of carboxylic acids is 1. The molecule has 0 aliphatic carbocycles. The van der Waals surface area contributed by atoms with Gasteiger partial charge in [0, 0.05) is 10.9 Å². The van der Waals surface area contributed by atoms with Crippen molar-refractivity contribution < 1.29 is 28.6 Å². The first-order valence-corrected chi connectivity index (χ1v) is 6.70. The molecule has 0 radical (unpaired) electrons. The van der Waals surface area contributed by atoms with E-state index in [1.54, 1.807) is 0 Å². The number of esters is 1. The maximum absolute atomic E-state index is 13.1. The van der Waals surface area contributed by atoms with Gasteiger partial charge in [0.2, 0.25) is 0 Å². The summed E-state index contributed by atoms with van der Waals surface area (Å²) in [6.07, 6.45) is -0.279. The summed E-state index contributed by atoms with van der Waals surface area (Å²) in [5, 5.41) is 11.3. The number of methoxy groups -OCH3 is 1.